The average molecular weight is 855 g/mol. The van der Waals surface area contributed by atoms with Gasteiger partial charge in [0, 0.05) is 70.2 Å². The molecule has 2 atom stereocenters. The van der Waals surface area contributed by atoms with Crippen molar-refractivity contribution >= 4 is 59.3 Å². The predicted molar refractivity (Wildman–Crippen MR) is 237 cm³/mol. The molecule has 324 valence electrons. The number of pyridine rings is 2. The Hall–Kier alpha value is -7.92. The largest absolute Gasteiger partial charge is 0.377 e. The highest BCUT2D eigenvalue weighted by Crippen LogP contribution is 2.15. The minimum Gasteiger partial charge on any atom is -0.377 e. The minimum atomic E-state index is -0.535. The maximum absolute atomic E-state index is 13.2. The number of rotatable bonds is 24. The first-order chi connectivity index (χ1) is 30.6. The van der Waals surface area contributed by atoms with Crippen molar-refractivity contribution in [3.05, 3.63) is 164 Å². The van der Waals surface area contributed by atoms with E-state index in [4.69, 9.17) is 25.3 Å². The molecular weight excluding hydrogens is 809 g/mol. The van der Waals surface area contributed by atoms with E-state index in [1.54, 1.807) is 124 Å². The maximum Gasteiger partial charge on any atom is 0.268 e. The Labute approximate surface area is 363 Å². The standard InChI is InChI=1S/C44H46N12O7/c1-31(49-43(59)39(25-35-5-3-19-47-27-35)51-41(57)17-11-33-7-13-37(14-8-33)53-55-45)29-62-23-21-61-22-24-63-30-32(2)50-44(60)40(26-36-6-4-20-48-28-36)52-42(58)18-12-34-9-15-38(16-10-34)54-56-46/h3-20,25-28,31-32H,21-24,29-30H2,1-2H3,(H,49,59)(H,50,60)(H,51,57)(H,52,58). The van der Waals surface area contributed by atoms with Gasteiger partial charge in [0.1, 0.15) is 11.4 Å². The number of hydrogen-bond donors (Lipinski definition) is 4. The van der Waals surface area contributed by atoms with Crippen LogP contribution in [0.4, 0.5) is 11.4 Å². The maximum atomic E-state index is 13.2. The van der Waals surface area contributed by atoms with E-state index >= 15 is 0 Å². The minimum absolute atomic E-state index is 0.00582. The molecule has 0 saturated carbocycles. The van der Waals surface area contributed by atoms with Crippen LogP contribution in [0.15, 0.2) is 131 Å². The highest BCUT2D eigenvalue weighted by Gasteiger charge is 2.17. The van der Waals surface area contributed by atoms with E-state index in [0.717, 1.165) is 0 Å². The molecule has 0 aliphatic heterocycles. The van der Waals surface area contributed by atoms with Crippen molar-refractivity contribution in [3.8, 4) is 0 Å². The number of hydrogen-bond acceptors (Lipinski definition) is 11. The van der Waals surface area contributed by atoms with Crippen LogP contribution in [0.1, 0.15) is 36.1 Å². The smallest absolute Gasteiger partial charge is 0.268 e. The Kier molecular flexibility index (Phi) is 20.5. The number of nitrogens with zero attached hydrogens (tertiary/aromatic N) is 8. The van der Waals surface area contributed by atoms with E-state index in [1.807, 2.05) is 0 Å². The number of ether oxygens (including phenoxy) is 3. The van der Waals surface area contributed by atoms with Crippen molar-refractivity contribution in [2.45, 2.75) is 25.9 Å². The SMILES string of the molecule is CC(COCCOCCOCC(C)NC(=O)C(=Cc1cccnc1)NC(=O)C=Cc1ccc(N=[N+]=[N-])cc1)NC(=O)C(=Cc1cccnc1)NC(=O)C=Cc1ccc(N=[N+]=[N-])cc1. The van der Waals surface area contributed by atoms with Gasteiger partial charge in [-0.1, -0.05) is 70.9 Å². The van der Waals surface area contributed by atoms with E-state index in [9.17, 15) is 19.2 Å². The second-order valence-corrected chi connectivity index (χ2v) is 13.4. The molecule has 2 aromatic carbocycles. The van der Waals surface area contributed by atoms with Gasteiger partial charge in [0.05, 0.1) is 39.6 Å². The molecule has 0 aliphatic carbocycles. The van der Waals surface area contributed by atoms with Crippen LogP contribution in [0.5, 0.6) is 0 Å². The van der Waals surface area contributed by atoms with E-state index in [2.05, 4.69) is 51.3 Å². The predicted octanol–water partition coefficient (Wildman–Crippen LogP) is 6.46. The lowest BCUT2D eigenvalue weighted by molar-refractivity contribution is -0.121. The first-order valence-electron chi connectivity index (χ1n) is 19.5. The lowest BCUT2D eigenvalue weighted by atomic mass is 10.2. The fourth-order valence-electron chi connectivity index (χ4n) is 5.22. The molecule has 4 amide bonds. The lowest BCUT2D eigenvalue weighted by Gasteiger charge is -2.17. The van der Waals surface area contributed by atoms with Gasteiger partial charge in [-0.3, -0.25) is 29.1 Å². The van der Waals surface area contributed by atoms with Crippen molar-refractivity contribution in [3.63, 3.8) is 0 Å². The summed E-state index contributed by atoms with van der Waals surface area (Å²) in [5.74, 6) is -2.12. The lowest BCUT2D eigenvalue weighted by Crippen LogP contribution is -2.41. The molecule has 19 heteroatoms. The van der Waals surface area contributed by atoms with Gasteiger partial charge in [-0.05, 0) is 83.6 Å². The number of amides is 4. The summed E-state index contributed by atoms with van der Waals surface area (Å²) in [7, 11) is 0. The van der Waals surface area contributed by atoms with Crippen LogP contribution in [-0.4, -0.2) is 85.3 Å². The van der Waals surface area contributed by atoms with Crippen molar-refractivity contribution in [1.29, 1.82) is 0 Å². The third-order valence-electron chi connectivity index (χ3n) is 8.19. The topological polar surface area (TPSA) is 267 Å². The second kappa shape index (κ2) is 27.0. The number of carbonyl (C=O) groups excluding carboxylic acids is 4. The molecule has 0 radical (unpaired) electrons. The molecule has 4 N–H and O–H groups in total. The van der Waals surface area contributed by atoms with Crippen LogP contribution < -0.4 is 21.3 Å². The summed E-state index contributed by atoms with van der Waals surface area (Å²) >= 11 is 0. The normalized spacial score (nSPS) is 12.4. The van der Waals surface area contributed by atoms with Gasteiger partial charge in [0.2, 0.25) is 11.8 Å². The van der Waals surface area contributed by atoms with Crippen LogP contribution in [-0.2, 0) is 33.4 Å². The summed E-state index contributed by atoms with van der Waals surface area (Å²) < 4.78 is 17.0. The van der Waals surface area contributed by atoms with Crippen molar-refractivity contribution in [1.82, 2.24) is 31.2 Å². The number of carbonyl (C=O) groups is 4. The first-order valence-corrected chi connectivity index (χ1v) is 19.5. The van der Waals surface area contributed by atoms with E-state index < -0.39 is 35.7 Å². The van der Waals surface area contributed by atoms with Crippen LogP contribution in [0, 0.1) is 0 Å². The molecule has 0 saturated heterocycles. The van der Waals surface area contributed by atoms with Crippen molar-refractivity contribution < 1.29 is 33.4 Å². The Morgan fingerprint density at radius 1 is 0.603 bits per heavy atom. The van der Waals surface area contributed by atoms with Crippen LogP contribution in [0.2, 0.25) is 0 Å². The van der Waals surface area contributed by atoms with Gasteiger partial charge in [-0.15, -0.1) is 0 Å². The van der Waals surface area contributed by atoms with E-state index in [0.29, 0.717) is 33.6 Å². The Morgan fingerprint density at radius 2 is 1.00 bits per heavy atom. The third-order valence-corrected chi connectivity index (χ3v) is 8.19. The quantitative estimate of drug-likeness (QED) is 0.0198. The Morgan fingerprint density at radius 3 is 1.37 bits per heavy atom. The molecule has 0 spiro atoms. The average Bonchev–Trinajstić information content (AvgIpc) is 3.28. The van der Waals surface area contributed by atoms with Crippen LogP contribution in [0.3, 0.4) is 0 Å². The van der Waals surface area contributed by atoms with Gasteiger partial charge in [-0.25, -0.2) is 0 Å². The molecule has 2 heterocycles. The zero-order chi connectivity index (χ0) is 45.1. The Bertz CT molecular complexity index is 2180. The van der Waals surface area contributed by atoms with E-state index in [-0.39, 0.29) is 51.0 Å². The monoisotopic (exact) mass is 854 g/mol. The summed E-state index contributed by atoms with van der Waals surface area (Å²) in [4.78, 5) is 65.6. The van der Waals surface area contributed by atoms with Crippen molar-refractivity contribution in [2.24, 2.45) is 10.2 Å². The Balaban J connectivity index is 1.15. The van der Waals surface area contributed by atoms with E-state index in [1.165, 1.54) is 24.3 Å². The zero-order valence-electron chi connectivity index (χ0n) is 34.5. The highest BCUT2D eigenvalue weighted by atomic mass is 16.5. The second-order valence-electron chi connectivity index (χ2n) is 13.4. The molecule has 63 heavy (non-hydrogen) atoms. The zero-order valence-corrected chi connectivity index (χ0v) is 34.5. The van der Waals surface area contributed by atoms with Crippen LogP contribution in [0.25, 0.3) is 45.2 Å². The third kappa shape index (κ3) is 18.9. The number of aromatic nitrogens is 2. The van der Waals surface area contributed by atoms with Gasteiger partial charge in [0.25, 0.3) is 11.8 Å². The summed E-state index contributed by atoms with van der Waals surface area (Å²) in [6, 6.07) is 19.3. The summed E-state index contributed by atoms with van der Waals surface area (Å²) in [5.41, 5.74) is 20.6. The first kappa shape index (κ1) is 47.8. The molecule has 19 nitrogen and oxygen atoms in total. The van der Waals surface area contributed by atoms with Gasteiger partial charge < -0.3 is 35.5 Å². The molecule has 4 aromatic rings. The fraction of sp³-hybridized carbons (Fsp3) is 0.227. The molecule has 0 fully saturated rings. The van der Waals surface area contributed by atoms with Gasteiger partial charge in [-0.2, -0.15) is 0 Å². The van der Waals surface area contributed by atoms with Gasteiger partial charge in [0.15, 0.2) is 0 Å². The number of azide groups is 2. The van der Waals surface area contributed by atoms with Gasteiger partial charge >= 0.3 is 0 Å². The summed E-state index contributed by atoms with van der Waals surface area (Å²) in [5, 5.41) is 17.9. The van der Waals surface area contributed by atoms with Crippen LogP contribution >= 0.6 is 0 Å². The molecule has 2 aromatic heterocycles. The summed E-state index contributed by atoms with van der Waals surface area (Å²) in [6.45, 7) is 4.87. The molecule has 4 rings (SSSR count). The highest BCUT2D eigenvalue weighted by molar-refractivity contribution is 6.05. The van der Waals surface area contributed by atoms with Crippen molar-refractivity contribution in [2.75, 3.05) is 39.6 Å². The molecular formula is C44H46N12O7. The number of nitrogens with one attached hydrogen (secondary N) is 4. The summed E-state index contributed by atoms with van der Waals surface area (Å²) in [6.07, 6.45) is 15.0. The molecule has 2 unspecified atom stereocenters. The molecule has 0 bridgehead atoms. The molecule has 0 aliphatic rings. The fourth-order valence-corrected chi connectivity index (χ4v) is 5.22. The number of benzene rings is 2.